The lowest BCUT2D eigenvalue weighted by molar-refractivity contribution is 0.445. The van der Waals surface area contributed by atoms with Crippen molar-refractivity contribution < 1.29 is 8.42 Å². The Labute approximate surface area is 125 Å². The standard InChI is InChI=1S/C14H16N4O2S/c1-3-18(4-2)21(19,20)14-8-6-5-7-13(14)17-11-12(9-15)10-16/h5-8,11,17H,3-4H2,1-2H3. The molecule has 0 aromatic heterocycles. The molecule has 0 atom stereocenters. The summed E-state index contributed by atoms with van der Waals surface area (Å²) in [5.41, 5.74) is 0.192. The first kappa shape index (κ1) is 16.7. The highest BCUT2D eigenvalue weighted by Crippen LogP contribution is 2.24. The van der Waals surface area contributed by atoms with Crippen LogP contribution in [0.2, 0.25) is 0 Å². The van der Waals surface area contributed by atoms with E-state index in [1.807, 2.05) is 0 Å². The van der Waals surface area contributed by atoms with E-state index in [-0.39, 0.29) is 10.5 Å². The van der Waals surface area contributed by atoms with Gasteiger partial charge in [-0.05, 0) is 12.1 Å². The molecule has 0 radical (unpaired) electrons. The SMILES string of the molecule is CCN(CC)S(=O)(=O)c1ccccc1NC=C(C#N)C#N. The van der Waals surface area contributed by atoms with Crippen LogP contribution in [-0.4, -0.2) is 25.8 Å². The molecule has 0 fully saturated rings. The fourth-order valence-electron chi connectivity index (χ4n) is 1.75. The number of nitriles is 2. The molecule has 0 heterocycles. The molecule has 0 amide bonds. The molecular formula is C14H16N4O2S. The van der Waals surface area contributed by atoms with Crippen molar-refractivity contribution >= 4 is 15.7 Å². The highest BCUT2D eigenvalue weighted by molar-refractivity contribution is 7.89. The van der Waals surface area contributed by atoms with Gasteiger partial charge in [0.05, 0.1) is 5.69 Å². The van der Waals surface area contributed by atoms with Gasteiger partial charge in [0.15, 0.2) is 0 Å². The third-order valence-electron chi connectivity index (χ3n) is 2.82. The van der Waals surface area contributed by atoms with Crippen LogP contribution < -0.4 is 5.32 Å². The lowest BCUT2D eigenvalue weighted by Crippen LogP contribution is -2.31. The maximum Gasteiger partial charge on any atom is 0.245 e. The van der Waals surface area contributed by atoms with Gasteiger partial charge in [-0.1, -0.05) is 26.0 Å². The summed E-state index contributed by atoms with van der Waals surface area (Å²) in [4.78, 5) is 0.111. The summed E-state index contributed by atoms with van der Waals surface area (Å²) in [7, 11) is -3.62. The zero-order chi connectivity index (χ0) is 15.9. The molecule has 110 valence electrons. The van der Waals surface area contributed by atoms with Crippen molar-refractivity contribution in [2.45, 2.75) is 18.7 Å². The first-order valence-corrected chi connectivity index (χ1v) is 7.81. The van der Waals surface area contributed by atoms with Crippen molar-refractivity contribution in [2.24, 2.45) is 0 Å². The van der Waals surface area contributed by atoms with Gasteiger partial charge in [0.2, 0.25) is 10.0 Å². The van der Waals surface area contributed by atoms with E-state index in [0.29, 0.717) is 18.8 Å². The third-order valence-corrected chi connectivity index (χ3v) is 4.93. The van der Waals surface area contributed by atoms with Gasteiger partial charge in [0.25, 0.3) is 0 Å². The molecule has 0 saturated carbocycles. The highest BCUT2D eigenvalue weighted by Gasteiger charge is 2.24. The number of benzene rings is 1. The van der Waals surface area contributed by atoms with Crippen LogP contribution in [-0.2, 0) is 10.0 Å². The van der Waals surface area contributed by atoms with Crippen LogP contribution in [0, 0.1) is 22.7 Å². The predicted octanol–water partition coefficient (Wildman–Crippen LogP) is 2.06. The van der Waals surface area contributed by atoms with E-state index in [4.69, 9.17) is 10.5 Å². The van der Waals surface area contributed by atoms with Crippen LogP contribution in [0.3, 0.4) is 0 Å². The lowest BCUT2D eigenvalue weighted by atomic mass is 10.3. The Balaban J connectivity index is 3.26. The topological polar surface area (TPSA) is 97.0 Å². The van der Waals surface area contributed by atoms with Crippen molar-refractivity contribution in [1.82, 2.24) is 4.31 Å². The van der Waals surface area contributed by atoms with Gasteiger partial charge in [-0.3, -0.25) is 0 Å². The molecule has 0 aliphatic carbocycles. The van der Waals surface area contributed by atoms with Crippen molar-refractivity contribution in [2.75, 3.05) is 18.4 Å². The van der Waals surface area contributed by atoms with Crippen LogP contribution in [0.15, 0.2) is 40.9 Å². The van der Waals surface area contributed by atoms with Gasteiger partial charge in [-0.2, -0.15) is 14.8 Å². The second kappa shape index (κ2) is 7.44. The largest absolute Gasteiger partial charge is 0.359 e. The van der Waals surface area contributed by atoms with E-state index >= 15 is 0 Å². The van der Waals surface area contributed by atoms with Crippen LogP contribution in [0.25, 0.3) is 0 Å². The molecule has 1 rings (SSSR count). The Morgan fingerprint density at radius 1 is 1.24 bits per heavy atom. The molecule has 21 heavy (non-hydrogen) atoms. The maximum atomic E-state index is 12.5. The van der Waals surface area contributed by atoms with Crippen molar-refractivity contribution in [3.05, 3.63) is 36.0 Å². The predicted molar refractivity (Wildman–Crippen MR) is 79.5 cm³/mol. The number of hydrogen-bond donors (Lipinski definition) is 1. The molecule has 0 spiro atoms. The summed E-state index contributed by atoms with van der Waals surface area (Å²) < 4.78 is 26.4. The van der Waals surface area contributed by atoms with Crippen LogP contribution in [0.4, 0.5) is 5.69 Å². The van der Waals surface area contributed by atoms with E-state index in [2.05, 4.69) is 5.32 Å². The van der Waals surface area contributed by atoms with Gasteiger partial charge in [-0.15, -0.1) is 0 Å². The van der Waals surface area contributed by atoms with Gasteiger partial charge >= 0.3 is 0 Å². The zero-order valence-corrected chi connectivity index (χ0v) is 12.7. The van der Waals surface area contributed by atoms with E-state index in [0.717, 1.165) is 0 Å². The van der Waals surface area contributed by atoms with Gasteiger partial charge < -0.3 is 5.32 Å². The summed E-state index contributed by atoms with van der Waals surface area (Å²) in [5, 5.41) is 20.1. The van der Waals surface area contributed by atoms with Gasteiger partial charge in [-0.25, -0.2) is 8.42 Å². The minimum absolute atomic E-state index is 0.111. The highest BCUT2D eigenvalue weighted by atomic mass is 32.2. The van der Waals surface area contributed by atoms with E-state index < -0.39 is 10.0 Å². The quantitative estimate of drug-likeness (QED) is 0.811. The molecule has 0 saturated heterocycles. The normalized spacial score (nSPS) is 10.5. The number of hydrogen-bond acceptors (Lipinski definition) is 5. The number of rotatable bonds is 6. The second-order valence-corrected chi connectivity index (χ2v) is 5.92. The van der Waals surface area contributed by atoms with E-state index in [9.17, 15) is 8.42 Å². The number of allylic oxidation sites excluding steroid dienone is 1. The molecule has 0 unspecified atom stereocenters. The Morgan fingerprint density at radius 2 is 1.81 bits per heavy atom. The Morgan fingerprint density at radius 3 is 2.33 bits per heavy atom. The first-order valence-electron chi connectivity index (χ1n) is 6.37. The number of nitrogens with one attached hydrogen (secondary N) is 1. The van der Waals surface area contributed by atoms with Crippen molar-refractivity contribution in [1.29, 1.82) is 10.5 Å². The van der Waals surface area contributed by atoms with Crippen LogP contribution in [0.1, 0.15) is 13.8 Å². The lowest BCUT2D eigenvalue weighted by Gasteiger charge is -2.20. The monoisotopic (exact) mass is 304 g/mol. The van der Waals surface area contributed by atoms with Crippen molar-refractivity contribution in [3.63, 3.8) is 0 Å². The number of anilines is 1. The molecule has 1 aromatic rings. The Kier molecular flexibility index (Phi) is 5.92. The van der Waals surface area contributed by atoms with Gasteiger partial charge in [0, 0.05) is 19.3 Å². The Bertz CT molecular complexity index is 691. The van der Waals surface area contributed by atoms with E-state index in [1.54, 1.807) is 44.2 Å². The van der Waals surface area contributed by atoms with Crippen LogP contribution in [0.5, 0.6) is 0 Å². The fourth-order valence-corrected chi connectivity index (χ4v) is 3.37. The molecule has 0 bridgehead atoms. The summed E-state index contributed by atoms with van der Waals surface area (Å²) in [5.74, 6) is 0. The number of nitrogens with zero attached hydrogens (tertiary/aromatic N) is 3. The third kappa shape index (κ3) is 3.82. The molecule has 0 aliphatic heterocycles. The molecule has 0 aliphatic rings. The minimum atomic E-state index is -3.62. The summed E-state index contributed by atoms with van der Waals surface area (Å²) >= 11 is 0. The smallest absolute Gasteiger partial charge is 0.245 e. The average molecular weight is 304 g/mol. The average Bonchev–Trinajstić information content (AvgIpc) is 2.49. The molecule has 7 heteroatoms. The number of para-hydroxylation sites is 1. The Hall–Kier alpha value is -2.35. The van der Waals surface area contributed by atoms with Gasteiger partial charge in [0.1, 0.15) is 22.6 Å². The summed E-state index contributed by atoms with van der Waals surface area (Å²) in [6.45, 7) is 4.26. The number of sulfonamides is 1. The van der Waals surface area contributed by atoms with Crippen LogP contribution >= 0.6 is 0 Å². The maximum absolute atomic E-state index is 12.5. The van der Waals surface area contributed by atoms with Crippen molar-refractivity contribution in [3.8, 4) is 12.1 Å². The second-order valence-electron chi connectivity index (χ2n) is 4.01. The first-order chi connectivity index (χ1) is 10.0. The summed E-state index contributed by atoms with van der Waals surface area (Å²) in [6.07, 6.45) is 1.19. The molecule has 1 aromatic carbocycles. The zero-order valence-electron chi connectivity index (χ0n) is 11.9. The molecule has 1 N–H and O–H groups in total. The fraction of sp³-hybridized carbons (Fsp3) is 0.286. The summed E-state index contributed by atoms with van der Waals surface area (Å²) in [6, 6.07) is 9.78. The molecule has 6 nitrogen and oxygen atoms in total. The van der Waals surface area contributed by atoms with E-state index in [1.165, 1.54) is 16.6 Å². The minimum Gasteiger partial charge on any atom is -0.359 e. The molecular weight excluding hydrogens is 288 g/mol.